The van der Waals surface area contributed by atoms with E-state index in [1.54, 1.807) is 21.0 Å². The number of nitrogen functional groups attached to an aromatic ring is 1. The molecule has 0 aliphatic carbocycles. The first-order valence-electron chi connectivity index (χ1n) is 12.3. The zero-order valence-corrected chi connectivity index (χ0v) is 23.0. The summed E-state index contributed by atoms with van der Waals surface area (Å²) in [6.45, 7) is 4.97. The molecule has 0 unspecified atom stereocenters. The number of aliphatic hydroxyl groups is 1. The molecule has 10 nitrogen and oxygen atoms in total. The van der Waals surface area contributed by atoms with Crippen molar-refractivity contribution in [2.45, 2.75) is 38.3 Å². The molecule has 204 valence electrons. The molecule has 1 aliphatic heterocycles. The Hall–Kier alpha value is -3.41. The predicted octanol–water partition coefficient (Wildman–Crippen LogP) is 4.50. The van der Waals surface area contributed by atoms with Crippen LogP contribution in [0.5, 0.6) is 5.75 Å². The smallest absolute Gasteiger partial charge is 0.232 e. The second-order valence-corrected chi connectivity index (χ2v) is 10.5. The lowest BCUT2D eigenvalue weighted by atomic mass is 9.96. The van der Waals surface area contributed by atoms with Gasteiger partial charge in [0, 0.05) is 36.4 Å². The van der Waals surface area contributed by atoms with E-state index in [4.69, 9.17) is 22.1 Å². The summed E-state index contributed by atoms with van der Waals surface area (Å²) in [7, 11) is 5.74. The van der Waals surface area contributed by atoms with Crippen LogP contribution in [-0.4, -0.2) is 65.3 Å². The maximum atomic E-state index is 14.1. The topological polar surface area (TPSA) is 125 Å². The second-order valence-electron chi connectivity index (χ2n) is 10.1. The van der Waals surface area contributed by atoms with Crippen LogP contribution in [0.2, 0.25) is 5.02 Å². The van der Waals surface area contributed by atoms with Crippen LogP contribution < -0.4 is 26.0 Å². The largest absolute Gasteiger partial charge is 0.494 e. The van der Waals surface area contributed by atoms with Gasteiger partial charge in [0.05, 0.1) is 34.8 Å². The van der Waals surface area contributed by atoms with Crippen molar-refractivity contribution in [2.24, 2.45) is 0 Å². The lowest BCUT2D eigenvalue weighted by molar-refractivity contribution is 0.0790. The molecule has 1 fully saturated rings. The number of benzene rings is 2. The third-order valence-electron chi connectivity index (χ3n) is 6.40. The van der Waals surface area contributed by atoms with Gasteiger partial charge in [0.1, 0.15) is 17.9 Å². The predicted molar refractivity (Wildman–Crippen MR) is 149 cm³/mol. The van der Waals surface area contributed by atoms with Gasteiger partial charge in [-0.15, -0.1) is 0 Å². The first-order valence-corrected chi connectivity index (χ1v) is 12.7. The summed E-state index contributed by atoms with van der Waals surface area (Å²) in [5.74, 6) is 0.358. The van der Waals surface area contributed by atoms with Gasteiger partial charge >= 0.3 is 0 Å². The maximum absolute atomic E-state index is 14.1. The maximum Gasteiger partial charge on any atom is 0.232 e. The highest BCUT2D eigenvalue weighted by atomic mass is 35.5. The summed E-state index contributed by atoms with van der Waals surface area (Å²) < 4.78 is 19.8. The minimum atomic E-state index is -1.34. The number of nitrogens with two attached hydrogens (primary N) is 1. The zero-order valence-electron chi connectivity index (χ0n) is 22.2. The van der Waals surface area contributed by atoms with Gasteiger partial charge in [-0.3, -0.25) is 0 Å². The van der Waals surface area contributed by atoms with Crippen molar-refractivity contribution < 1.29 is 14.2 Å². The summed E-state index contributed by atoms with van der Waals surface area (Å²) in [5.41, 5.74) is 7.97. The van der Waals surface area contributed by atoms with E-state index in [0.29, 0.717) is 34.4 Å². The molecule has 1 saturated heterocycles. The molecular weight excluding hydrogens is 511 g/mol. The first-order chi connectivity index (χ1) is 18.0. The van der Waals surface area contributed by atoms with Crippen LogP contribution in [0.15, 0.2) is 30.6 Å². The number of aromatic nitrogens is 3. The van der Waals surface area contributed by atoms with E-state index in [0.717, 1.165) is 31.6 Å². The van der Waals surface area contributed by atoms with Crippen molar-refractivity contribution in [3.63, 3.8) is 0 Å². The van der Waals surface area contributed by atoms with Crippen molar-refractivity contribution in [1.82, 2.24) is 19.9 Å². The summed E-state index contributed by atoms with van der Waals surface area (Å²) in [6.07, 6.45) is 3.54. The molecular formula is C26H34ClFN8O2. The lowest BCUT2D eigenvalue weighted by Gasteiger charge is -2.30. The number of likely N-dealkylation sites (N-methyl/N-ethyl adjacent to an activating group) is 1. The van der Waals surface area contributed by atoms with Gasteiger partial charge < -0.3 is 36.0 Å². The van der Waals surface area contributed by atoms with Crippen molar-refractivity contribution in [2.75, 3.05) is 55.6 Å². The van der Waals surface area contributed by atoms with Gasteiger partial charge in [-0.2, -0.15) is 4.98 Å². The number of anilines is 6. The molecule has 0 saturated carbocycles. The molecule has 0 bridgehead atoms. The van der Waals surface area contributed by atoms with Crippen LogP contribution in [-0.2, 0) is 5.60 Å². The quantitative estimate of drug-likeness (QED) is 0.286. The Kier molecular flexibility index (Phi) is 8.10. The molecule has 0 radical (unpaired) electrons. The second kappa shape index (κ2) is 11.1. The molecule has 1 aromatic heterocycles. The monoisotopic (exact) mass is 544 g/mol. The number of hydrogen-bond acceptors (Lipinski definition) is 10. The highest BCUT2D eigenvalue weighted by Gasteiger charge is 2.28. The van der Waals surface area contributed by atoms with E-state index in [-0.39, 0.29) is 16.9 Å². The molecule has 4 rings (SSSR count). The molecule has 5 N–H and O–H groups in total. The minimum Gasteiger partial charge on any atom is -0.494 e. The van der Waals surface area contributed by atoms with Crippen molar-refractivity contribution in [1.29, 1.82) is 0 Å². The molecule has 1 aliphatic rings. The van der Waals surface area contributed by atoms with Crippen molar-refractivity contribution in [3.05, 3.63) is 47.0 Å². The Morgan fingerprint density at radius 3 is 2.50 bits per heavy atom. The van der Waals surface area contributed by atoms with E-state index in [1.807, 2.05) is 12.1 Å². The third-order valence-corrected chi connectivity index (χ3v) is 6.69. The molecule has 3 aromatic rings. The standard InChI is InChI=1S/C26H34ClFN8O2/c1-26(2,37)16-9-18(28)17(27)10-20(16)32-24-30-14-31-25(34-24)33-21-11-19(29)22(12-23(21)38-5)36-8-6-7-15(36)13-35(3)4/h9-12,14-15,37H,6-8,13,29H2,1-5H3,(H2,30,31,32,33,34)/t15-/m0/s1. The fraction of sp³-hybridized carbons (Fsp3) is 0.423. The van der Waals surface area contributed by atoms with Crippen LogP contribution in [0.25, 0.3) is 0 Å². The van der Waals surface area contributed by atoms with Gasteiger partial charge in [0.15, 0.2) is 0 Å². The van der Waals surface area contributed by atoms with E-state index in [1.165, 1.54) is 18.5 Å². The summed E-state index contributed by atoms with van der Waals surface area (Å²) in [5, 5.41) is 16.6. The summed E-state index contributed by atoms with van der Waals surface area (Å²) in [4.78, 5) is 17.3. The van der Waals surface area contributed by atoms with Gasteiger partial charge in [-0.25, -0.2) is 14.4 Å². The van der Waals surface area contributed by atoms with Crippen LogP contribution in [0.1, 0.15) is 32.3 Å². The normalized spacial score (nSPS) is 15.7. The fourth-order valence-electron chi connectivity index (χ4n) is 4.68. The molecule has 12 heteroatoms. The Morgan fingerprint density at radius 1 is 1.18 bits per heavy atom. The number of hydrogen-bond donors (Lipinski definition) is 4. The van der Waals surface area contributed by atoms with Crippen LogP contribution in [0, 0.1) is 5.82 Å². The number of rotatable bonds is 9. The Labute approximate surface area is 227 Å². The molecule has 1 atom stereocenters. The SMILES string of the molecule is COc1cc(N2CCC[C@H]2CN(C)C)c(N)cc1Nc1ncnc(Nc2cc(Cl)c(F)cc2C(C)(C)O)n1. The Morgan fingerprint density at radius 2 is 1.87 bits per heavy atom. The van der Waals surface area contributed by atoms with E-state index >= 15 is 0 Å². The summed E-state index contributed by atoms with van der Waals surface area (Å²) >= 11 is 5.99. The molecule has 0 spiro atoms. The highest BCUT2D eigenvalue weighted by molar-refractivity contribution is 6.31. The molecule has 38 heavy (non-hydrogen) atoms. The van der Waals surface area contributed by atoms with Crippen molar-refractivity contribution >= 4 is 46.2 Å². The number of methoxy groups -OCH3 is 1. The molecule has 2 heterocycles. The van der Waals surface area contributed by atoms with Gasteiger partial charge in [-0.05, 0) is 59.0 Å². The molecule has 2 aromatic carbocycles. The van der Waals surface area contributed by atoms with Gasteiger partial charge in [0.2, 0.25) is 11.9 Å². The number of ether oxygens (including phenoxy) is 1. The van der Waals surface area contributed by atoms with E-state index in [2.05, 4.69) is 49.5 Å². The van der Waals surface area contributed by atoms with Crippen LogP contribution in [0.3, 0.4) is 0 Å². The number of nitrogens with zero attached hydrogens (tertiary/aromatic N) is 5. The minimum absolute atomic E-state index is 0.0981. The highest BCUT2D eigenvalue weighted by Crippen LogP contribution is 2.39. The van der Waals surface area contributed by atoms with E-state index < -0.39 is 11.4 Å². The molecule has 0 amide bonds. The summed E-state index contributed by atoms with van der Waals surface area (Å²) in [6, 6.07) is 6.68. The van der Waals surface area contributed by atoms with Gasteiger partial charge in [-0.1, -0.05) is 11.6 Å². The number of nitrogens with one attached hydrogen (secondary N) is 2. The van der Waals surface area contributed by atoms with Crippen molar-refractivity contribution in [3.8, 4) is 5.75 Å². The number of halogens is 2. The third kappa shape index (κ3) is 6.17. The van der Waals surface area contributed by atoms with E-state index in [9.17, 15) is 9.50 Å². The van der Waals surface area contributed by atoms with Gasteiger partial charge in [0.25, 0.3) is 0 Å². The first kappa shape index (κ1) is 27.6. The average Bonchev–Trinajstić information content (AvgIpc) is 3.28. The lowest BCUT2D eigenvalue weighted by Crippen LogP contribution is -2.37. The van der Waals surface area contributed by atoms with Crippen LogP contribution >= 0.6 is 11.6 Å². The Bertz CT molecular complexity index is 1300. The Balaban J connectivity index is 1.60. The zero-order chi connectivity index (χ0) is 27.6. The fourth-order valence-corrected chi connectivity index (χ4v) is 4.84. The average molecular weight is 545 g/mol. The van der Waals surface area contributed by atoms with Crippen LogP contribution in [0.4, 0.5) is 39.0 Å².